The zero-order valence-electron chi connectivity index (χ0n) is 20.5. The van der Waals surface area contributed by atoms with Gasteiger partial charge in [0.1, 0.15) is 12.1 Å². The second-order valence-corrected chi connectivity index (χ2v) is 9.60. The third-order valence-corrected chi connectivity index (χ3v) is 6.64. The van der Waals surface area contributed by atoms with Crippen LogP contribution in [0.2, 0.25) is 5.02 Å². The Labute approximate surface area is 228 Å². The molecule has 1 atom stereocenters. The summed E-state index contributed by atoms with van der Waals surface area (Å²) in [4.78, 5) is 22.7. The Morgan fingerprint density at radius 1 is 1.02 bits per heavy atom. The quantitative estimate of drug-likeness (QED) is 0.194. The molecule has 1 amide bonds. The average Bonchev–Trinajstić information content (AvgIpc) is 3.19. The summed E-state index contributed by atoms with van der Waals surface area (Å²) in [6.45, 7) is 1.50. The lowest BCUT2D eigenvalue weighted by molar-refractivity contribution is -0.388. The summed E-state index contributed by atoms with van der Waals surface area (Å²) in [5, 5.41) is 18.8. The predicted octanol–water partition coefficient (Wildman–Crippen LogP) is 6.90. The number of hydrogen-bond acceptors (Lipinski definition) is 5. The molecule has 0 aliphatic carbocycles. The molecule has 3 aromatic rings. The van der Waals surface area contributed by atoms with Crippen molar-refractivity contribution in [2.45, 2.75) is 24.7 Å². The summed E-state index contributed by atoms with van der Waals surface area (Å²) in [5.74, 6) is -0.736. The number of carbonyl (C=O) groups excluding carboxylic acids is 1. The number of hydrazone groups is 1. The number of anilines is 1. The smallest absolute Gasteiger partial charge is 0.324 e. The van der Waals surface area contributed by atoms with Gasteiger partial charge in [0.05, 0.1) is 33.2 Å². The van der Waals surface area contributed by atoms with Crippen LogP contribution in [0, 0.1) is 10.1 Å². The van der Waals surface area contributed by atoms with Crippen LogP contribution in [-0.4, -0.2) is 34.6 Å². The predicted molar refractivity (Wildman–Crippen MR) is 135 cm³/mol. The van der Waals surface area contributed by atoms with Crippen molar-refractivity contribution in [1.82, 2.24) is 5.01 Å². The van der Waals surface area contributed by atoms with Crippen LogP contribution in [0.25, 0.3) is 0 Å². The van der Waals surface area contributed by atoms with Crippen LogP contribution in [0.4, 0.5) is 37.7 Å². The lowest BCUT2D eigenvalue weighted by Gasteiger charge is -2.27. The van der Waals surface area contributed by atoms with Gasteiger partial charge in [0, 0.05) is 17.3 Å². The van der Waals surface area contributed by atoms with E-state index in [2.05, 4.69) is 10.4 Å². The summed E-state index contributed by atoms with van der Waals surface area (Å²) >= 11 is 5.95. The zero-order valence-corrected chi connectivity index (χ0v) is 21.2. The number of halogens is 7. The van der Waals surface area contributed by atoms with E-state index in [0.29, 0.717) is 23.4 Å². The Balaban J connectivity index is 1.63. The number of benzene rings is 3. The van der Waals surface area contributed by atoms with Crippen molar-refractivity contribution in [1.29, 1.82) is 0 Å². The molecule has 1 unspecified atom stereocenters. The van der Waals surface area contributed by atoms with Crippen molar-refractivity contribution < 1.29 is 36.1 Å². The van der Waals surface area contributed by atoms with Crippen LogP contribution in [0.3, 0.4) is 0 Å². The Bertz CT molecular complexity index is 1490. The first kappa shape index (κ1) is 28.9. The summed E-state index contributed by atoms with van der Waals surface area (Å²) < 4.78 is 79.0. The van der Waals surface area contributed by atoms with Crippen molar-refractivity contribution in [2.75, 3.05) is 18.4 Å². The monoisotopic (exact) mass is 584 g/mol. The van der Waals surface area contributed by atoms with Gasteiger partial charge < -0.3 is 5.32 Å². The summed E-state index contributed by atoms with van der Waals surface area (Å²) in [6.07, 6.45) is -9.62. The molecule has 0 radical (unpaired) electrons. The molecule has 0 saturated carbocycles. The molecular formula is C26H19ClF6N4O3. The molecule has 0 aromatic heterocycles. The lowest BCUT2D eigenvalue weighted by Crippen LogP contribution is -2.38. The van der Waals surface area contributed by atoms with Gasteiger partial charge in [0.2, 0.25) is 5.91 Å². The van der Waals surface area contributed by atoms with E-state index >= 15 is 0 Å². The largest absolute Gasteiger partial charge is 0.423 e. The minimum atomic E-state index is -4.96. The summed E-state index contributed by atoms with van der Waals surface area (Å²) in [5.41, 5.74) is -3.42. The first-order chi connectivity index (χ1) is 18.6. The second-order valence-electron chi connectivity index (χ2n) is 9.20. The number of nitro groups is 1. The van der Waals surface area contributed by atoms with Crippen LogP contribution >= 0.6 is 11.6 Å². The molecule has 40 heavy (non-hydrogen) atoms. The van der Waals surface area contributed by atoms with Crippen LogP contribution in [0.5, 0.6) is 0 Å². The number of alkyl halides is 6. The van der Waals surface area contributed by atoms with Gasteiger partial charge in [-0.25, -0.2) is 0 Å². The number of amides is 1. The van der Waals surface area contributed by atoms with E-state index in [4.69, 9.17) is 11.6 Å². The topological polar surface area (TPSA) is 87.8 Å². The molecule has 4 rings (SSSR count). The van der Waals surface area contributed by atoms with Crippen molar-refractivity contribution in [3.63, 3.8) is 0 Å². The Morgan fingerprint density at radius 3 is 2.23 bits per heavy atom. The fourth-order valence-electron chi connectivity index (χ4n) is 4.49. The molecule has 0 bridgehead atoms. The van der Waals surface area contributed by atoms with Gasteiger partial charge >= 0.3 is 12.4 Å². The molecule has 0 saturated heterocycles. The fourth-order valence-corrected chi connectivity index (χ4v) is 4.78. The van der Waals surface area contributed by atoms with E-state index in [1.54, 1.807) is 37.3 Å². The Morgan fingerprint density at radius 2 is 1.65 bits per heavy atom. The molecule has 1 aliphatic rings. The molecule has 14 heteroatoms. The van der Waals surface area contributed by atoms with Crippen molar-refractivity contribution in [3.05, 3.63) is 104 Å². The van der Waals surface area contributed by atoms with Crippen molar-refractivity contribution in [3.8, 4) is 0 Å². The standard InChI is InChI=1S/C26H19ClF6N4O3/c1-24(16-5-3-2-4-6-16)14-36(35-23(24)15-7-9-18(20(27)11-15)25(28,29)30)13-22(38)34-17-8-10-19(26(31,32)33)21(12-17)37(39)40/h2-12H,13-14H2,1H3,(H,34,38). The van der Waals surface area contributed by atoms with Crippen LogP contribution in [0.1, 0.15) is 29.2 Å². The minimum absolute atomic E-state index is 0.117. The van der Waals surface area contributed by atoms with Crippen molar-refractivity contribution >= 4 is 34.6 Å². The van der Waals surface area contributed by atoms with Gasteiger partial charge in [-0.3, -0.25) is 19.9 Å². The number of nitrogens with zero attached hydrogens (tertiary/aromatic N) is 3. The Kier molecular flexibility index (Phi) is 7.54. The van der Waals surface area contributed by atoms with E-state index in [1.807, 2.05) is 0 Å². The van der Waals surface area contributed by atoms with Crippen LogP contribution in [0.15, 0.2) is 71.8 Å². The highest BCUT2D eigenvalue weighted by Crippen LogP contribution is 2.40. The molecule has 1 aliphatic heterocycles. The molecular weight excluding hydrogens is 566 g/mol. The molecule has 0 spiro atoms. The van der Waals surface area contributed by atoms with E-state index in [0.717, 1.165) is 23.8 Å². The molecule has 1 N–H and O–H groups in total. The van der Waals surface area contributed by atoms with E-state index in [1.165, 1.54) is 11.1 Å². The molecule has 3 aromatic carbocycles. The number of carbonyl (C=O) groups is 1. The first-order valence-corrected chi connectivity index (χ1v) is 11.9. The Hall–Kier alpha value is -4.13. The molecule has 0 fully saturated rings. The highest BCUT2D eigenvalue weighted by Gasteiger charge is 2.42. The van der Waals surface area contributed by atoms with Gasteiger partial charge in [0.15, 0.2) is 0 Å². The SMILES string of the molecule is CC1(c2ccccc2)CN(CC(=O)Nc2ccc(C(F)(F)F)c([N+](=O)[O-])c2)N=C1c1ccc(C(F)(F)F)c(Cl)c1. The minimum Gasteiger partial charge on any atom is -0.324 e. The van der Waals surface area contributed by atoms with E-state index in [-0.39, 0.29) is 12.2 Å². The lowest BCUT2D eigenvalue weighted by atomic mass is 9.76. The summed E-state index contributed by atoms with van der Waals surface area (Å²) in [7, 11) is 0. The first-order valence-electron chi connectivity index (χ1n) is 11.5. The highest BCUT2D eigenvalue weighted by molar-refractivity contribution is 6.32. The van der Waals surface area contributed by atoms with Crippen LogP contribution < -0.4 is 5.32 Å². The number of nitro benzene ring substituents is 1. The maximum atomic E-state index is 13.2. The van der Waals surface area contributed by atoms with Gasteiger partial charge in [0.25, 0.3) is 5.69 Å². The maximum Gasteiger partial charge on any atom is 0.423 e. The second kappa shape index (κ2) is 10.5. The number of hydrogen-bond donors (Lipinski definition) is 1. The zero-order chi connectivity index (χ0) is 29.5. The molecule has 7 nitrogen and oxygen atoms in total. The third kappa shape index (κ3) is 5.88. The molecule has 210 valence electrons. The number of rotatable bonds is 6. The van der Waals surface area contributed by atoms with E-state index in [9.17, 15) is 41.3 Å². The fraction of sp³-hybridized carbons (Fsp3) is 0.231. The summed E-state index contributed by atoms with van der Waals surface area (Å²) in [6, 6.07) is 14.1. The molecule has 1 heterocycles. The highest BCUT2D eigenvalue weighted by atomic mass is 35.5. The van der Waals surface area contributed by atoms with Gasteiger partial charge in [-0.2, -0.15) is 31.4 Å². The average molecular weight is 585 g/mol. The number of nitrogens with one attached hydrogen (secondary N) is 1. The van der Waals surface area contributed by atoms with Crippen LogP contribution in [-0.2, 0) is 22.6 Å². The van der Waals surface area contributed by atoms with Gasteiger partial charge in [-0.15, -0.1) is 0 Å². The maximum absolute atomic E-state index is 13.2. The van der Waals surface area contributed by atoms with Crippen molar-refractivity contribution in [2.24, 2.45) is 5.10 Å². The normalized spacial score (nSPS) is 17.5. The third-order valence-electron chi connectivity index (χ3n) is 6.33. The van der Waals surface area contributed by atoms with E-state index < -0.39 is 57.0 Å². The van der Waals surface area contributed by atoms with Gasteiger partial charge in [-0.05, 0) is 36.8 Å². The van der Waals surface area contributed by atoms with Gasteiger partial charge in [-0.1, -0.05) is 48.0 Å².